The number of methoxy groups -OCH3 is 1. The molecule has 2 radical (unpaired) electrons. The molecule has 0 unspecified atom stereocenters. The SMILES string of the molecule is COc1ccc(C(F)(F)F)cc1N1[C]c2cccc(F)c2NC1=O. The highest BCUT2D eigenvalue weighted by atomic mass is 19.4. The lowest BCUT2D eigenvalue weighted by molar-refractivity contribution is -0.137. The van der Waals surface area contributed by atoms with Crippen molar-refractivity contribution in [3.05, 3.63) is 59.9 Å². The highest BCUT2D eigenvalue weighted by Crippen LogP contribution is 2.39. The molecule has 0 atom stereocenters. The Labute approximate surface area is 134 Å². The molecule has 0 bridgehead atoms. The Hall–Kier alpha value is -2.77. The number of fused-ring (bicyclic) bond motifs is 1. The number of alkyl halides is 3. The molecule has 0 saturated carbocycles. The quantitative estimate of drug-likeness (QED) is 0.830. The van der Waals surface area contributed by atoms with E-state index in [-0.39, 0.29) is 22.7 Å². The summed E-state index contributed by atoms with van der Waals surface area (Å²) in [6.45, 7) is 2.59. The van der Waals surface area contributed by atoms with Crippen LogP contribution in [-0.2, 0) is 6.18 Å². The number of anilines is 2. The van der Waals surface area contributed by atoms with Crippen LogP contribution in [0, 0.1) is 12.4 Å². The van der Waals surface area contributed by atoms with E-state index in [4.69, 9.17) is 4.74 Å². The summed E-state index contributed by atoms with van der Waals surface area (Å²) in [6, 6.07) is 5.92. The molecule has 2 amide bonds. The molecule has 8 heteroatoms. The summed E-state index contributed by atoms with van der Waals surface area (Å²) in [4.78, 5) is 13.0. The van der Waals surface area contributed by atoms with Gasteiger partial charge in [-0.25, -0.2) is 9.18 Å². The standard InChI is InChI=1S/C16H10F4N2O2/c1-24-13-6-5-10(16(18,19)20)7-12(13)22-8-9-3-2-4-11(17)14(9)21-15(22)23/h2-7H,1H3,(H,21,23). The maximum absolute atomic E-state index is 13.7. The molecule has 3 rings (SSSR count). The Balaban J connectivity index is 2.07. The molecule has 1 N–H and O–H groups in total. The number of amides is 2. The van der Waals surface area contributed by atoms with Gasteiger partial charge in [0.15, 0.2) is 0 Å². The number of benzene rings is 2. The second-order valence-electron chi connectivity index (χ2n) is 4.92. The fraction of sp³-hybridized carbons (Fsp3) is 0.125. The van der Waals surface area contributed by atoms with Crippen molar-refractivity contribution in [2.75, 3.05) is 17.3 Å². The van der Waals surface area contributed by atoms with Crippen molar-refractivity contribution < 1.29 is 27.1 Å². The smallest absolute Gasteiger partial charge is 0.416 e. The fourth-order valence-electron chi connectivity index (χ4n) is 2.29. The number of carbonyl (C=O) groups excluding carboxylic acids is 1. The van der Waals surface area contributed by atoms with Crippen LogP contribution in [0.5, 0.6) is 5.75 Å². The first-order chi connectivity index (χ1) is 11.3. The van der Waals surface area contributed by atoms with Gasteiger partial charge in [0, 0.05) is 5.56 Å². The van der Waals surface area contributed by atoms with Crippen LogP contribution in [0.1, 0.15) is 11.1 Å². The Kier molecular flexibility index (Phi) is 3.82. The summed E-state index contributed by atoms with van der Waals surface area (Å²) < 4.78 is 57.5. The molecular formula is C16H10F4N2O2. The van der Waals surface area contributed by atoms with Crippen LogP contribution < -0.4 is 15.0 Å². The molecule has 124 valence electrons. The van der Waals surface area contributed by atoms with Gasteiger partial charge in [0.2, 0.25) is 0 Å². The van der Waals surface area contributed by atoms with Crippen LogP contribution in [0.4, 0.5) is 33.7 Å². The molecule has 1 aliphatic rings. The molecule has 0 saturated heterocycles. The van der Waals surface area contributed by atoms with Crippen LogP contribution in [0.15, 0.2) is 36.4 Å². The molecule has 1 aliphatic heterocycles. The minimum atomic E-state index is -4.59. The van der Waals surface area contributed by atoms with Gasteiger partial charge in [-0.05, 0) is 24.3 Å². The summed E-state index contributed by atoms with van der Waals surface area (Å²) in [7, 11) is 1.27. The Morgan fingerprint density at radius 3 is 2.62 bits per heavy atom. The monoisotopic (exact) mass is 338 g/mol. The van der Waals surface area contributed by atoms with Gasteiger partial charge in [0.25, 0.3) is 0 Å². The van der Waals surface area contributed by atoms with Gasteiger partial charge in [0.05, 0.1) is 24.0 Å². The van der Waals surface area contributed by atoms with E-state index in [1.54, 1.807) is 0 Å². The second kappa shape index (κ2) is 5.70. The molecule has 0 aromatic heterocycles. The molecule has 4 nitrogen and oxygen atoms in total. The zero-order chi connectivity index (χ0) is 17.5. The number of nitrogens with one attached hydrogen (secondary N) is 1. The number of hydrogen-bond acceptors (Lipinski definition) is 2. The third-order valence-corrected chi connectivity index (χ3v) is 3.43. The van der Waals surface area contributed by atoms with E-state index in [1.165, 1.54) is 19.2 Å². The van der Waals surface area contributed by atoms with Crippen molar-refractivity contribution in [2.45, 2.75) is 6.18 Å². The highest BCUT2D eigenvalue weighted by molar-refractivity contribution is 6.07. The number of ether oxygens (including phenoxy) is 1. The van der Waals surface area contributed by atoms with E-state index in [1.807, 2.05) is 0 Å². The Morgan fingerprint density at radius 1 is 1.21 bits per heavy atom. The van der Waals surface area contributed by atoms with Gasteiger partial charge in [-0.1, -0.05) is 12.1 Å². The van der Waals surface area contributed by atoms with Crippen LogP contribution in [0.25, 0.3) is 0 Å². The van der Waals surface area contributed by atoms with Crippen LogP contribution in [-0.4, -0.2) is 13.1 Å². The predicted octanol–water partition coefficient (Wildman–Crippen LogP) is 4.29. The minimum absolute atomic E-state index is 0.0468. The topological polar surface area (TPSA) is 41.6 Å². The largest absolute Gasteiger partial charge is 0.495 e. The number of para-hydroxylation sites is 1. The van der Waals surface area contributed by atoms with Gasteiger partial charge in [-0.2, -0.15) is 13.2 Å². The lowest BCUT2D eigenvalue weighted by Gasteiger charge is -2.29. The van der Waals surface area contributed by atoms with Gasteiger partial charge in [0.1, 0.15) is 18.1 Å². The molecule has 2 aromatic carbocycles. The maximum atomic E-state index is 13.7. The zero-order valence-corrected chi connectivity index (χ0v) is 12.2. The molecule has 24 heavy (non-hydrogen) atoms. The Bertz CT molecular complexity index is 805. The summed E-state index contributed by atoms with van der Waals surface area (Å²) in [6.07, 6.45) is -4.59. The third-order valence-electron chi connectivity index (χ3n) is 3.43. The average Bonchev–Trinajstić information content (AvgIpc) is 2.54. The van der Waals surface area contributed by atoms with Crippen LogP contribution in [0.3, 0.4) is 0 Å². The lowest BCUT2D eigenvalue weighted by Crippen LogP contribution is -2.38. The molecule has 0 spiro atoms. The lowest BCUT2D eigenvalue weighted by atomic mass is 10.1. The summed E-state index contributed by atoms with van der Waals surface area (Å²) in [5.74, 6) is -0.616. The van der Waals surface area contributed by atoms with E-state index in [0.29, 0.717) is 0 Å². The average molecular weight is 338 g/mol. The van der Waals surface area contributed by atoms with Crippen LogP contribution >= 0.6 is 0 Å². The summed E-state index contributed by atoms with van der Waals surface area (Å²) >= 11 is 0. The van der Waals surface area contributed by atoms with Gasteiger partial charge < -0.3 is 10.1 Å². The number of hydrogen-bond donors (Lipinski definition) is 1. The first kappa shape index (κ1) is 16.1. The molecular weight excluding hydrogens is 328 g/mol. The predicted molar refractivity (Wildman–Crippen MR) is 78.2 cm³/mol. The van der Waals surface area contributed by atoms with E-state index in [0.717, 1.165) is 29.2 Å². The van der Waals surface area contributed by atoms with Gasteiger partial charge in [-0.3, -0.25) is 4.90 Å². The van der Waals surface area contributed by atoms with E-state index in [9.17, 15) is 22.4 Å². The number of urea groups is 1. The summed E-state index contributed by atoms with van der Waals surface area (Å²) in [5.41, 5.74) is -0.976. The van der Waals surface area contributed by atoms with Gasteiger partial charge in [-0.15, -0.1) is 0 Å². The van der Waals surface area contributed by atoms with E-state index >= 15 is 0 Å². The molecule has 0 fully saturated rings. The van der Waals surface area contributed by atoms with Crippen molar-refractivity contribution in [1.82, 2.24) is 0 Å². The Morgan fingerprint density at radius 2 is 1.96 bits per heavy atom. The van der Waals surface area contributed by atoms with Crippen LogP contribution in [0.2, 0.25) is 0 Å². The van der Waals surface area contributed by atoms with E-state index in [2.05, 4.69) is 11.9 Å². The third kappa shape index (κ3) is 2.75. The second-order valence-corrected chi connectivity index (χ2v) is 4.92. The van der Waals surface area contributed by atoms with Crippen molar-refractivity contribution >= 4 is 17.4 Å². The number of nitrogens with zero attached hydrogens (tertiary/aromatic N) is 1. The van der Waals surface area contributed by atoms with Crippen molar-refractivity contribution in [2.24, 2.45) is 0 Å². The summed E-state index contributed by atoms with van der Waals surface area (Å²) in [5, 5.41) is 2.30. The fourth-order valence-corrected chi connectivity index (χ4v) is 2.29. The number of halogens is 4. The van der Waals surface area contributed by atoms with Gasteiger partial charge >= 0.3 is 12.2 Å². The zero-order valence-electron chi connectivity index (χ0n) is 12.2. The number of rotatable bonds is 2. The van der Waals surface area contributed by atoms with Crippen molar-refractivity contribution in [3.8, 4) is 5.75 Å². The van der Waals surface area contributed by atoms with Crippen molar-refractivity contribution in [1.29, 1.82) is 0 Å². The highest BCUT2D eigenvalue weighted by Gasteiger charge is 2.34. The maximum Gasteiger partial charge on any atom is 0.416 e. The van der Waals surface area contributed by atoms with Crippen molar-refractivity contribution in [3.63, 3.8) is 0 Å². The number of carbonyl (C=O) groups is 1. The molecule has 1 heterocycles. The first-order valence-corrected chi connectivity index (χ1v) is 6.73. The van der Waals surface area contributed by atoms with E-state index < -0.39 is 23.6 Å². The molecule has 2 aromatic rings. The normalized spacial score (nSPS) is 14.2. The first-order valence-electron chi connectivity index (χ1n) is 6.73. The molecule has 0 aliphatic carbocycles. The minimum Gasteiger partial charge on any atom is -0.495 e.